The molecule has 10 nitrogen and oxygen atoms in total. The molecule has 1 aliphatic heterocycles. The smallest absolute Gasteiger partial charge is 0.243 e. The van der Waals surface area contributed by atoms with Gasteiger partial charge in [0.05, 0.1) is 11.5 Å². The van der Waals surface area contributed by atoms with Crippen LogP contribution in [-0.2, 0) is 19.5 Å². The van der Waals surface area contributed by atoms with E-state index < -0.39 is 53.6 Å². The fourth-order valence-corrected chi connectivity index (χ4v) is 4.87. The summed E-state index contributed by atoms with van der Waals surface area (Å²) in [5, 5.41) is 40.5. The largest absolute Gasteiger partial charge is 0.394 e. The maximum absolute atomic E-state index is 13.2. The predicted octanol–water partition coefficient (Wildman–Crippen LogP) is -0.487. The minimum atomic E-state index is -4.12. The lowest BCUT2D eigenvalue weighted by molar-refractivity contribution is -0.308. The zero-order valence-electron chi connectivity index (χ0n) is 17.7. The van der Waals surface area contributed by atoms with Gasteiger partial charge in [0.1, 0.15) is 30.6 Å². The molecule has 1 unspecified atom stereocenters. The number of hydrogen-bond acceptors (Lipinski definition) is 9. The molecule has 2 aromatic rings. The quantitative estimate of drug-likeness (QED) is 0.256. The first-order valence-electron chi connectivity index (χ1n) is 9.90. The molecule has 2 aromatic carbocycles. The number of hydrogen-bond donors (Lipinski definition) is 5. The van der Waals surface area contributed by atoms with E-state index in [0.717, 1.165) is 17.1 Å². The van der Waals surface area contributed by atoms with Crippen LogP contribution in [0.15, 0.2) is 53.9 Å². The molecule has 0 aliphatic carbocycles. The molecule has 176 valence electrons. The highest BCUT2D eigenvalue weighted by Crippen LogP contribution is 2.30. The van der Waals surface area contributed by atoms with Gasteiger partial charge < -0.3 is 34.8 Å². The van der Waals surface area contributed by atoms with Gasteiger partial charge in [0, 0.05) is 30.6 Å². The summed E-state index contributed by atoms with van der Waals surface area (Å²) in [7, 11) is -0.401. The Balaban J connectivity index is 1.87. The second-order valence-electron chi connectivity index (χ2n) is 7.63. The third-order valence-corrected chi connectivity index (χ3v) is 6.72. The van der Waals surface area contributed by atoms with Crippen LogP contribution in [0.1, 0.15) is 0 Å². The summed E-state index contributed by atoms with van der Waals surface area (Å²) in [6, 6.07) is 10.2. The molecule has 0 amide bonds. The lowest BCUT2D eigenvalue weighted by Gasteiger charge is -2.40. The van der Waals surface area contributed by atoms with Gasteiger partial charge >= 0.3 is 0 Å². The van der Waals surface area contributed by atoms with Gasteiger partial charge in [0.25, 0.3) is 0 Å². The maximum Gasteiger partial charge on any atom is 0.243 e. The van der Waals surface area contributed by atoms with E-state index >= 15 is 0 Å². The number of anilines is 1. The van der Waals surface area contributed by atoms with Crippen molar-refractivity contribution in [1.82, 2.24) is 4.72 Å². The summed E-state index contributed by atoms with van der Waals surface area (Å²) >= 11 is 0. The number of nitrogens with zero attached hydrogens (tertiary/aromatic N) is 1. The van der Waals surface area contributed by atoms with Gasteiger partial charge in [-0.05, 0) is 18.2 Å². The van der Waals surface area contributed by atoms with Gasteiger partial charge in [0.2, 0.25) is 10.0 Å². The van der Waals surface area contributed by atoms with E-state index in [9.17, 15) is 28.8 Å². The average molecular weight is 469 g/mol. The van der Waals surface area contributed by atoms with Gasteiger partial charge in [-0.2, -0.15) is 4.72 Å². The zero-order chi connectivity index (χ0) is 23.6. The van der Waals surface area contributed by atoms with Crippen molar-refractivity contribution in [3.8, 4) is 0 Å². The Morgan fingerprint density at radius 1 is 1.12 bits per heavy atom. The van der Waals surface area contributed by atoms with E-state index in [0.29, 0.717) is 5.39 Å². The Morgan fingerprint density at radius 3 is 2.41 bits per heavy atom. The van der Waals surface area contributed by atoms with E-state index in [1.54, 1.807) is 18.2 Å². The summed E-state index contributed by atoms with van der Waals surface area (Å²) in [6.07, 6.45) is -7.80. The topological polar surface area (TPSA) is 149 Å². The second-order valence-corrected chi connectivity index (χ2v) is 9.32. The molecular weight excluding hydrogens is 440 g/mol. The van der Waals surface area contributed by atoms with Crippen LogP contribution in [0.3, 0.4) is 0 Å². The van der Waals surface area contributed by atoms with Crippen molar-refractivity contribution in [1.29, 1.82) is 0 Å². The minimum absolute atomic E-state index is 0.0166. The summed E-state index contributed by atoms with van der Waals surface area (Å²) in [6.45, 7) is 2.91. The van der Waals surface area contributed by atoms with Crippen LogP contribution in [0.4, 0.5) is 5.69 Å². The summed E-state index contributed by atoms with van der Waals surface area (Å²) in [4.78, 5) is 1.89. The van der Waals surface area contributed by atoms with Gasteiger partial charge in [-0.3, -0.25) is 0 Å². The van der Waals surface area contributed by atoms with Gasteiger partial charge in [-0.25, -0.2) is 8.42 Å². The number of ether oxygens (including phenoxy) is 2. The number of aliphatic hydroxyl groups is 4. The average Bonchev–Trinajstić information content (AvgIpc) is 2.77. The SMILES string of the molecule is C=CC(NS(=O)(=O)c1cccc2c(N(C)C)cccc12)O[C@@H]1O[C@H](CO)[C@H](O)[C@H](O)[C@H]1O. The first-order chi connectivity index (χ1) is 15.1. The molecule has 1 aliphatic rings. The molecule has 0 aromatic heterocycles. The van der Waals surface area contributed by atoms with Crippen LogP contribution in [-0.4, -0.2) is 86.5 Å². The fourth-order valence-electron chi connectivity index (χ4n) is 3.56. The molecule has 0 radical (unpaired) electrons. The van der Waals surface area contributed by atoms with E-state index in [4.69, 9.17) is 9.47 Å². The highest BCUT2D eigenvalue weighted by molar-refractivity contribution is 7.89. The van der Waals surface area contributed by atoms with E-state index in [2.05, 4.69) is 11.3 Å². The summed E-state index contributed by atoms with van der Waals surface area (Å²) < 4.78 is 39.4. The highest BCUT2D eigenvalue weighted by Gasteiger charge is 2.45. The van der Waals surface area contributed by atoms with Gasteiger partial charge in [0.15, 0.2) is 6.29 Å². The third kappa shape index (κ3) is 4.80. The van der Waals surface area contributed by atoms with Crippen LogP contribution < -0.4 is 9.62 Å². The molecular formula is C21H28N2O8S. The maximum atomic E-state index is 13.2. The Hall–Kier alpha value is -2.09. The fraction of sp³-hybridized carbons (Fsp3) is 0.429. The predicted molar refractivity (Wildman–Crippen MR) is 117 cm³/mol. The molecule has 6 atom stereocenters. The van der Waals surface area contributed by atoms with E-state index in [1.807, 2.05) is 31.1 Å². The number of benzene rings is 2. The van der Waals surface area contributed by atoms with Crippen molar-refractivity contribution in [3.63, 3.8) is 0 Å². The molecule has 1 heterocycles. The van der Waals surface area contributed by atoms with Gasteiger partial charge in [-0.15, -0.1) is 0 Å². The lowest BCUT2D eigenvalue weighted by atomic mass is 9.99. The normalized spacial score (nSPS) is 27.2. The molecule has 11 heteroatoms. The molecule has 0 bridgehead atoms. The van der Waals surface area contributed by atoms with Crippen molar-refractivity contribution < 1.29 is 38.3 Å². The molecule has 1 fully saturated rings. The first kappa shape index (κ1) is 24.6. The van der Waals surface area contributed by atoms with Crippen LogP contribution in [0, 0.1) is 0 Å². The standard InChI is InChI=1S/C21H28N2O8S/c1-4-17(31-21-20(27)19(26)18(25)15(11-24)30-21)22-32(28,29)16-10-6-7-12-13(16)8-5-9-14(12)23(2)3/h4-10,15,17-22,24-27H,1,11H2,2-3H3/t15-,17?,18+,19+,20-,21+/m1/s1. The Kier molecular flexibility index (Phi) is 7.53. The minimum Gasteiger partial charge on any atom is -0.394 e. The number of rotatable bonds is 8. The monoisotopic (exact) mass is 468 g/mol. The number of nitrogens with one attached hydrogen (secondary N) is 1. The van der Waals surface area contributed by atoms with Crippen molar-refractivity contribution >= 4 is 26.5 Å². The van der Waals surface area contributed by atoms with Crippen LogP contribution >= 0.6 is 0 Å². The summed E-state index contributed by atoms with van der Waals surface area (Å²) in [5.74, 6) is 0. The first-order valence-corrected chi connectivity index (χ1v) is 11.4. The Labute approximate surface area is 186 Å². The second kappa shape index (κ2) is 9.81. The number of aliphatic hydroxyl groups excluding tert-OH is 4. The highest BCUT2D eigenvalue weighted by atomic mass is 32.2. The molecule has 5 N–H and O–H groups in total. The van der Waals surface area contributed by atoms with Crippen molar-refractivity contribution in [2.24, 2.45) is 0 Å². The molecule has 0 saturated carbocycles. The Bertz CT molecular complexity index is 1060. The number of sulfonamides is 1. The van der Waals surface area contributed by atoms with Gasteiger partial charge in [-0.1, -0.05) is 30.8 Å². The van der Waals surface area contributed by atoms with E-state index in [1.165, 1.54) is 6.07 Å². The van der Waals surface area contributed by atoms with Crippen molar-refractivity contribution in [2.45, 2.75) is 41.8 Å². The molecule has 1 saturated heterocycles. The summed E-state index contributed by atoms with van der Waals surface area (Å²) in [5.41, 5.74) is 0.845. The zero-order valence-corrected chi connectivity index (χ0v) is 18.5. The molecule has 0 spiro atoms. The Morgan fingerprint density at radius 2 is 1.78 bits per heavy atom. The number of fused-ring (bicyclic) bond motifs is 1. The lowest BCUT2D eigenvalue weighted by Crippen LogP contribution is -2.60. The third-order valence-electron chi connectivity index (χ3n) is 5.24. The van der Waals surface area contributed by atoms with Crippen LogP contribution in [0.5, 0.6) is 0 Å². The van der Waals surface area contributed by atoms with Crippen LogP contribution in [0.25, 0.3) is 10.8 Å². The van der Waals surface area contributed by atoms with Crippen molar-refractivity contribution in [2.75, 3.05) is 25.6 Å². The molecule has 3 rings (SSSR count). The molecule has 32 heavy (non-hydrogen) atoms. The van der Waals surface area contributed by atoms with Crippen LogP contribution in [0.2, 0.25) is 0 Å². The van der Waals surface area contributed by atoms with Crippen molar-refractivity contribution in [3.05, 3.63) is 49.1 Å². The van der Waals surface area contributed by atoms with E-state index in [-0.39, 0.29) is 4.90 Å².